The van der Waals surface area contributed by atoms with Crippen LogP contribution in [0.15, 0.2) is 63.9 Å². The maximum atomic E-state index is 12.8. The van der Waals surface area contributed by atoms with Crippen molar-refractivity contribution in [3.63, 3.8) is 0 Å². The Kier molecular flexibility index (Phi) is 7.20. The summed E-state index contributed by atoms with van der Waals surface area (Å²) in [5.74, 6) is 1.50. The highest BCUT2D eigenvalue weighted by atomic mass is 79.9. The van der Waals surface area contributed by atoms with Crippen molar-refractivity contribution in [1.29, 1.82) is 0 Å². The van der Waals surface area contributed by atoms with Crippen molar-refractivity contribution in [1.82, 2.24) is 14.3 Å². The minimum atomic E-state index is -0.0169. The van der Waals surface area contributed by atoms with Gasteiger partial charge in [-0.25, -0.2) is 4.68 Å². The zero-order chi connectivity index (χ0) is 21.8. The molecule has 2 aromatic carbocycles. The van der Waals surface area contributed by atoms with E-state index in [4.69, 9.17) is 16.3 Å². The van der Waals surface area contributed by atoms with E-state index in [0.717, 1.165) is 56.0 Å². The van der Waals surface area contributed by atoms with Gasteiger partial charge < -0.3 is 4.74 Å². The highest BCUT2D eigenvalue weighted by Crippen LogP contribution is 2.25. The second kappa shape index (κ2) is 10.1. The van der Waals surface area contributed by atoms with Crippen LogP contribution in [-0.4, -0.2) is 34.0 Å². The summed E-state index contributed by atoms with van der Waals surface area (Å²) < 4.78 is 10.2. The molecule has 0 amide bonds. The second-order valence-electron chi connectivity index (χ2n) is 8.05. The zero-order valence-corrected chi connectivity index (χ0v) is 20.0. The molecule has 0 saturated carbocycles. The first-order valence-electron chi connectivity index (χ1n) is 10.7. The molecule has 164 valence electrons. The van der Waals surface area contributed by atoms with E-state index in [1.54, 1.807) is 4.68 Å². The highest BCUT2D eigenvalue weighted by Gasteiger charge is 2.23. The van der Waals surface area contributed by atoms with E-state index >= 15 is 0 Å². The third-order valence-corrected chi connectivity index (χ3v) is 7.03. The van der Waals surface area contributed by atoms with Crippen molar-refractivity contribution in [3.05, 3.63) is 80.1 Å². The number of aromatic nitrogens is 2. The number of ether oxygens (including phenoxy) is 1. The number of hydrogen-bond acceptors (Lipinski definition) is 3. The smallest absolute Gasteiger partial charge is 0.286 e. The molecule has 0 bridgehead atoms. The number of piperidine rings is 1. The van der Waals surface area contributed by atoms with Crippen LogP contribution in [0.25, 0.3) is 5.69 Å². The minimum absolute atomic E-state index is 0.0169. The molecule has 1 fully saturated rings. The minimum Gasteiger partial charge on any atom is -0.494 e. The summed E-state index contributed by atoms with van der Waals surface area (Å²) in [7, 11) is 1.95. The lowest BCUT2D eigenvalue weighted by molar-refractivity contribution is 0.154. The van der Waals surface area contributed by atoms with Gasteiger partial charge in [0.1, 0.15) is 10.2 Å². The predicted octanol–water partition coefficient (Wildman–Crippen LogP) is 5.27. The first-order chi connectivity index (χ1) is 15.0. The van der Waals surface area contributed by atoms with Gasteiger partial charge in [-0.15, -0.1) is 0 Å². The lowest BCUT2D eigenvalue weighted by Gasteiger charge is -2.32. The molecule has 1 aliphatic rings. The number of hydrogen-bond donors (Lipinski definition) is 0. The Morgan fingerprint density at radius 3 is 2.55 bits per heavy atom. The van der Waals surface area contributed by atoms with Gasteiger partial charge in [0.25, 0.3) is 5.56 Å². The van der Waals surface area contributed by atoms with Crippen molar-refractivity contribution < 1.29 is 4.74 Å². The summed E-state index contributed by atoms with van der Waals surface area (Å²) in [5, 5.41) is 0.701. The fourth-order valence-corrected chi connectivity index (χ4v) is 4.92. The first kappa shape index (κ1) is 22.2. The van der Waals surface area contributed by atoms with Gasteiger partial charge in [0.2, 0.25) is 0 Å². The van der Waals surface area contributed by atoms with Crippen LogP contribution < -0.4 is 10.3 Å². The van der Waals surface area contributed by atoms with E-state index in [1.165, 1.54) is 0 Å². The summed E-state index contributed by atoms with van der Waals surface area (Å²) in [6.45, 7) is 3.53. The Morgan fingerprint density at radius 1 is 1.10 bits per heavy atom. The molecule has 31 heavy (non-hydrogen) atoms. The standard InChI is InChI=1S/C24H27BrClN3O2/c1-27-22(23(25)24(30)29(27)20-7-3-2-4-8-20)17-28-13-10-18(11-14-28)12-15-31-21-9-5-6-19(26)16-21/h2-9,16,18H,10-15,17H2,1H3. The largest absolute Gasteiger partial charge is 0.494 e. The van der Waals surface area contributed by atoms with E-state index in [2.05, 4.69) is 20.8 Å². The maximum Gasteiger partial charge on any atom is 0.286 e. The monoisotopic (exact) mass is 503 g/mol. The van der Waals surface area contributed by atoms with E-state index in [1.807, 2.05) is 66.3 Å². The summed E-state index contributed by atoms with van der Waals surface area (Å²) in [5.41, 5.74) is 1.87. The number of para-hydroxylation sites is 1. The van der Waals surface area contributed by atoms with Crippen molar-refractivity contribution >= 4 is 27.5 Å². The fraction of sp³-hybridized carbons (Fsp3) is 0.375. The Labute approximate surface area is 196 Å². The van der Waals surface area contributed by atoms with Crippen LogP contribution in [-0.2, 0) is 13.6 Å². The number of benzene rings is 2. The van der Waals surface area contributed by atoms with Crippen molar-refractivity contribution in [3.8, 4) is 11.4 Å². The molecule has 4 rings (SSSR count). The van der Waals surface area contributed by atoms with Crippen LogP contribution in [0.4, 0.5) is 0 Å². The molecule has 1 aliphatic heterocycles. The van der Waals surface area contributed by atoms with Gasteiger partial charge in [0.05, 0.1) is 18.0 Å². The van der Waals surface area contributed by atoms with Gasteiger partial charge >= 0.3 is 0 Å². The molecule has 5 nitrogen and oxygen atoms in total. The topological polar surface area (TPSA) is 39.4 Å². The highest BCUT2D eigenvalue weighted by molar-refractivity contribution is 9.10. The van der Waals surface area contributed by atoms with Crippen molar-refractivity contribution in [2.75, 3.05) is 19.7 Å². The van der Waals surface area contributed by atoms with Crippen LogP contribution in [0.2, 0.25) is 5.02 Å². The summed E-state index contributed by atoms with van der Waals surface area (Å²) in [6.07, 6.45) is 3.33. The molecule has 0 N–H and O–H groups in total. The molecule has 0 aliphatic carbocycles. The van der Waals surface area contributed by atoms with Crippen LogP contribution >= 0.6 is 27.5 Å². The molecule has 0 unspecified atom stereocenters. The Morgan fingerprint density at radius 2 is 1.84 bits per heavy atom. The Balaban J connectivity index is 1.32. The number of rotatable bonds is 7. The van der Waals surface area contributed by atoms with Gasteiger partial charge in [-0.1, -0.05) is 35.9 Å². The third-order valence-electron chi connectivity index (χ3n) is 6.00. The fourth-order valence-electron chi connectivity index (χ4n) is 4.19. The van der Waals surface area contributed by atoms with E-state index in [0.29, 0.717) is 22.0 Å². The quantitative estimate of drug-likeness (QED) is 0.440. The molecule has 0 spiro atoms. The number of nitrogens with zero attached hydrogens (tertiary/aromatic N) is 3. The Hall–Kier alpha value is -2.02. The Bertz CT molecular complexity index is 1070. The third kappa shape index (κ3) is 5.25. The van der Waals surface area contributed by atoms with Gasteiger partial charge in [0, 0.05) is 18.6 Å². The van der Waals surface area contributed by atoms with Gasteiger partial charge in [-0.05, 0) is 84.5 Å². The summed E-state index contributed by atoms with van der Waals surface area (Å²) in [4.78, 5) is 15.2. The summed E-state index contributed by atoms with van der Waals surface area (Å²) in [6, 6.07) is 17.3. The summed E-state index contributed by atoms with van der Waals surface area (Å²) >= 11 is 9.55. The van der Waals surface area contributed by atoms with Gasteiger partial charge in [0.15, 0.2) is 0 Å². The maximum absolute atomic E-state index is 12.8. The lowest BCUT2D eigenvalue weighted by Crippen LogP contribution is -2.34. The average molecular weight is 505 g/mol. The molecular weight excluding hydrogens is 478 g/mol. The van der Waals surface area contributed by atoms with Gasteiger partial charge in [-0.2, -0.15) is 0 Å². The van der Waals surface area contributed by atoms with Crippen LogP contribution in [0.3, 0.4) is 0 Å². The molecule has 0 radical (unpaired) electrons. The number of halogens is 2. The van der Waals surface area contributed by atoms with Gasteiger partial charge in [-0.3, -0.25) is 14.4 Å². The van der Waals surface area contributed by atoms with Crippen LogP contribution in [0.1, 0.15) is 25.0 Å². The lowest BCUT2D eigenvalue weighted by atomic mass is 9.94. The molecule has 2 heterocycles. The molecule has 0 atom stereocenters. The predicted molar refractivity (Wildman–Crippen MR) is 128 cm³/mol. The second-order valence-corrected chi connectivity index (χ2v) is 9.28. The molecular formula is C24H27BrClN3O2. The van der Waals surface area contributed by atoms with Crippen LogP contribution in [0, 0.1) is 5.92 Å². The van der Waals surface area contributed by atoms with Crippen molar-refractivity contribution in [2.24, 2.45) is 13.0 Å². The van der Waals surface area contributed by atoms with E-state index < -0.39 is 0 Å². The molecule has 7 heteroatoms. The normalized spacial score (nSPS) is 15.3. The molecule has 1 aromatic heterocycles. The van der Waals surface area contributed by atoms with E-state index in [-0.39, 0.29) is 5.56 Å². The van der Waals surface area contributed by atoms with Crippen molar-refractivity contribution in [2.45, 2.75) is 25.8 Å². The van der Waals surface area contributed by atoms with Crippen LogP contribution in [0.5, 0.6) is 5.75 Å². The SMILES string of the molecule is Cn1c(CN2CCC(CCOc3cccc(Cl)c3)CC2)c(Br)c(=O)n1-c1ccccc1. The zero-order valence-electron chi connectivity index (χ0n) is 17.6. The molecule has 3 aromatic rings. The van der Waals surface area contributed by atoms with E-state index in [9.17, 15) is 4.79 Å². The number of likely N-dealkylation sites (tertiary alicyclic amines) is 1. The first-order valence-corrected chi connectivity index (χ1v) is 11.8. The average Bonchev–Trinajstić information content (AvgIpc) is 2.99. The molecule has 1 saturated heterocycles.